The summed E-state index contributed by atoms with van der Waals surface area (Å²) in [5.74, 6) is -0.0381. The molecule has 2 heterocycles. The first-order chi connectivity index (χ1) is 13.2. The minimum absolute atomic E-state index is 0.169. The number of halogens is 1. The van der Waals surface area contributed by atoms with Crippen molar-refractivity contribution < 1.29 is 17.5 Å². The zero-order chi connectivity index (χ0) is 20.1. The molecule has 2 aromatic carbocycles. The van der Waals surface area contributed by atoms with Crippen molar-refractivity contribution in [3.63, 3.8) is 0 Å². The van der Waals surface area contributed by atoms with Crippen LogP contribution < -0.4 is 10.5 Å². The maximum absolute atomic E-state index is 14.9. The summed E-state index contributed by atoms with van der Waals surface area (Å²) >= 11 is 0. The standard InChI is InChI=1S/C19H19FN4O3S/c1-19(11-28(25,26)24(2)18(21)23-19)14-8-12-9-17(22-16(12)10-15(14)20)27-13-6-4-3-5-7-13/h3-8,10H,9,11H2,1-2H3,(H2,21,23)/t19-/m0/s1. The molecular weight excluding hydrogens is 383 g/mol. The molecule has 0 aromatic heterocycles. The maximum atomic E-state index is 14.9. The number of sulfonamides is 1. The van der Waals surface area contributed by atoms with Crippen LogP contribution in [0.3, 0.4) is 0 Å². The Kier molecular flexibility index (Phi) is 4.15. The van der Waals surface area contributed by atoms with Gasteiger partial charge < -0.3 is 10.5 Å². The Hall–Kier alpha value is -2.94. The Morgan fingerprint density at radius 1 is 1.25 bits per heavy atom. The average Bonchev–Trinajstić information content (AvgIpc) is 3.00. The van der Waals surface area contributed by atoms with Crippen LogP contribution in [0, 0.1) is 5.82 Å². The predicted molar refractivity (Wildman–Crippen MR) is 105 cm³/mol. The van der Waals surface area contributed by atoms with Crippen molar-refractivity contribution in [3.8, 4) is 5.75 Å². The highest BCUT2D eigenvalue weighted by atomic mass is 32.2. The lowest BCUT2D eigenvalue weighted by Crippen LogP contribution is -2.50. The van der Waals surface area contributed by atoms with Crippen molar-refractivity contribution in [2.75, 3.05) is 12.8 Å². The van der Waals surface area contributed by atoms with Crippen molar-refractivity contribution in [2.45, 2.75) is 18.9 Å². The highest BCUT2D eigenvalue weighted by Gasteiger charge is 2.42. The van der Waals surface area contributed by atoms with Gasteiger partial charge in [0.05, 0.1) is 17.9 Å². The van der Waals surface area contributed by atoms with E-state index < -0.39 is 21.4 Å². The lowest BCUT2D eigenvalue weighted by molar-refractivity contribution is 0.457. The summed E-state index contributed by atoms with van der Waals surface area (Å²) in [6.45, 7) is 1.56. The van der Waals surface area contributed by atoms with Crippen molar-refractivity contribution in [3.05, 3.63) is 59.4 Å². The molecule has 0 fully saturated rings. The molecule has 0 aliphatic carbocycles. The summed E-state index contributed by atoms with van der Waals surface area (Å²) in [6, 6.07) is 12.1. The summed E-state index contributed by atoms with van der Waals surface area (Å²) < 4.78 is 46.3. The fourth-order valence-corrected chi connectivity index (χ4v) is 4.82. The number of fused-ring (bicyclic) bond motifs is 1. The molecule has 2 N–H and O–H groups in total. The van der Waals surface area contributed by atoms with E-state index in [1.807, 2.05) is 18.2 Å². The minimum atomic E-state index is -3.69. The number of hydrogen-bond acceptors (Lipinski definition) is 6. The second-order valence-electron chi connectivity index (χ2n) is 7.03. The first-order valence-corrected chi connectivity index (χ1v) is 10.2. The van der Waals surface area contributed by atoms with Crippen molar-refractivity contribution in [2.24, 2.45) is 15.7 Å². The lowest BCUT2D eigenvalue weighted by atomic mass is 9.91. The molecule has 28 heavy (non-hydrogen) atoms. The molecule has 0 saturated heterocycles. The van der Waals surface area contributed by atoms with E-state index in [-0.39, 0.29) is 17.3 Å². The molecule has 0 unspecified atom stereocenters. The van der Waals surface area contributed by atoms with Crippen molar-refractivity contribution in [1.29, 1.82) is 0 Å². The molecule has 146 valence electrons. The molecule has 2 aromatic rings. The van der Waals surface area contributed by atoms with Crippen LogP contribution in [0.5, 0.6) is 5.75 Å². The number of hydrogen-bond donors (Lipinski definition) is 1. The molecule has 0 saturated carbocycles. The van der Waals surface area contributed by atoms with Gasteiger partial charge in [0, 0.05) is 18.7 Å². The number of ether oxygens (including phenoxy) is 1. The van der Waals surface area contributed by atoms with E-state index >= 15 is 0 Å². The Balaban J connectivity index is 1.67. The molecule has 2 aliphatic rings. The second kappa shape index (κ2) is 6.30. The number of rotatable bonds is 2. The minimum Gasteiger partial charge on any atom is -0.443 e. The van der Waals surface area contributed by atoms with Crippen molar-refractivity contribution in [1.82, 2.24) is 4.31 Å². The monoisotopic (exact) mass is 402 g/mol. The van der Waals surface area contributed by atoms with Crippen LogP contribution in [-0.2, 0) is 22.0 Å². The van der Waals surface area contributed by atoms with Gasteiger partial charge in [-0.25, -0.2) is 27.1 Å². The first-order valence-electron chi connectivity index (χ1n) is 8.63. The molecule has 7 nitrogen and oxygen atoms in total. The maximum Gasteiger partial charge on any atom is 0.239 e. The zero-order valence-corrected chi connectivity index (χ0v) is 16.2. The van der Waals surface area contributed by atoms with Gasteiger partial charge in [-0.05, 0) is 30.7 Å². The molecule has 0 radical (unpaired) electrons. The largest absolute Gasteiger partial charge is 0.443 e. The number of guanidine groups is 1. The number of benzene rings is 2. The molecule has 0 amide bonds. The van der Waals surface area contributed by atoms with Gasteiger partial charge in [0.1, 0.15) is 17.1 Å². The van der Waals surface area contributed by atoms with Gasteiger partial charge in [-0.3, -0.25) is 0 Å². The summed E-state index contributed by atoms with van der Waals surface area (Å²) in [4.78, 5) is 8.61. The predicted octanol–water partition coefficient (Wildman–Crippen LogP) is 2.30. The van der Waals surface area contributed by atoms with Crippen molar-refractivity contribution >= 4 is 27.6 Å². The van der Waals surface area contributed by atoms with E-state index in [2.05, 4.69) is 9.98 Å². The smallest absolute Gasteiger partial charge is 0.239 e. The fourth-order valence-electron chi connectivity index (χ4n) is 3.37. The Bertz CT molecular complexity index is 1120. The van der Waals surface area contributed by atoms with E-state index in [9.17, 15) is 12.8 Å². The number of para-hydroxylation sites is 1. The van der Waals surface area contributed by atoms with Crippen LogP contribution >= 0.6 is 0 Å². The van der Waals surface area contributed by atoms with Gasteiger partial charge in [-0.15, -0.1) is 0 Å². The van der Waals surface area contributed by atoms with Gasteiger partial charge in [-0.2, -0.15) is 0 Å². The highest BCUT2D eigenvalue weighted by Crippen LogP contribution is 2.38. The van der Waals surface area contributed by atoms with E-state index in [1.165, 1.54) is 13.1 Å². The summed E-state index contributed by atoms with van der Waals surface area (Å²) in [7, 11) is -2.36. The van der Waals surface area contributed by atoms with E-state index in [1.54, 1.807) is 25.1 Å². The average molecular weight is 402 g/mol. The zero-order valence-electron chi connectivity index (χ0n) is 15.4. The van der Waals surface area contributed by atoms with E-state index in [0.29, 0.717) is 23.8 Å². The second-order valence-corrected chi connectivity index (χ2v) is 9.03. The highest BCUT2D eigenvalue weighted by molar-refractivity contribution is 7.89. The number of nitrogens with two attached hydrogens (primary N) is 1. The summed E-state index contributed by atoms with van der Waals surface area (Å²) in [5.41, 5.74) is 5.82. The molecular formula is C19H19FN4O3S. The Labute approximate surface area is 162 Å². The Morgan fingerprint density at radius 2 is 1.96 bits per heavy atom. The SMILES string of the molecule is CN1C(N)=N[C@](C)(c2cc3c(cc2F)N=C(Oc2ccccc2)C3)CS1(=O)=O. The van der Waals surface area contributed by atoms with Gasteiger partial charge in [0.2, 0.25) is 16.0 Å². The number of aliphatic imine (C=N–C) groups is 2. The van der Waals surface area contributed by atoms with Gasteiger partial charge in [0.15, 0.2) is 5.90 Å². The fraction of sp³-hybridized carbons (Fsp3) is 0.263. The van der Waals surface area contributed by atoms with Crippen LogP contribution in [-0.4, -0.2) is 37.4 Å². The summed E-state index contributed by atoms with van der Waals surface area (Å²) in [5, 5.41) is 0. The third-order valence-electron chi connectivity index (χ3n) is 4.88. The topological polar surface area (TPSA) is 97.3 Å². The van der Waals surface area contributed by atoms with Crippen LogP contribution in [0.2, 0.25) is 0 Å². The molecule has 2 aliphatic heterocycles. The van der Waals surface area contributed by atoms with Crippen LogP contribution in [0.15, 0.2) is 52.4 Å². The quantitative estimate of drug-likeness (QED) is 0.833. The van der Waals surface area contributed by atoms with Gasteiger partial charge in [0.25, 0.3) is 0 Å². The van der Waals surface area contributed by atoms with Gasteiger partial charge >= 0.3 is 0 Å². The van der Waals surface area contributed by atoms with Crippen LogP contribution in [0.4, 0.5) is 10.1 Å². The Morgan fingerprint density at radius 3 is 2.64 bits per heavy atom. The van der Waals surface area contributed by atoms with Crippen LogP contribution in [0.25, 0.3) is 0 Å². The molecule has 0 spiro atoms. The normalized spacial score (nSPS) is 23.0. The molecule has 4 rings (SSSR count). The third kappa shape index (κ3) is 3.11. The molecule has 9 heteroatoms. The van der Waals surface area contributed by atoms with Crippen LogP contribution in [0.1, 0.15) is 18.1 Å². The lowest BCUT2D eigenvalue weighted by Gasteiger charge is -2.34. The first kappa shape index (κ1) is 18.4. The number of nitrogens with zero attached hydrogens (tertiary/aromatic N) is 3. The molecule has 1 atom stereocenters. The third-order valence-corrected chi connectivity index (χ3v) is 6.83. The molecule has 0 bridgehead atoms. The van der Waals surface area contributed by atoms with Gasteiger partial charge in [-0.1, -0.05) is 18.2 Å². The summed E-state index contributed by atoms with van der Waals surface area (Å²) in [6.07, 6.45) is 0.374. The van der Waals surface area contributed by atoms with E-state index in [4.69, 9.17) is 10.5 Å². The van der Waals surface area contributed by atoms with E-state index in [0.717, 1.165) is 9.87 Å².